The van der Waals surface area contributed by atoms with Crippen LogP contribution in [0.4, 0.5) is 5.69 Å². The van der Waals surface area contributed by atoms with Gasteiger partial charge in [-0.2, -0.15) is 0 Å². The molecule has 202 valence electrons. The average Bonchev–Trinajstić information content (AvgIpc) is 3.26. The zero-order chi connectivity index (χ0) is 28.1. The van der Waals surface area contributed by atoms with Gasteiger partial charge in [-0.1, -0.05) is 60.3 Å². The van der Waals surface area contributed by atoms with Crippen molar-refractivity contribution in [3.63, 3.8) is 0 Å². The lowest BCUT2D eigenvalue weighted by Gasteiger charge is -2.36. The smallest absolute Gasteiger partial charge is 0.340 e. The highest BCUT2D eigenvalue weighted by Crippen LogP contribution is 2.57. The molecule has 0 atom stereocenters. The first-order chi connectivity index (χ1) is 20.0. The summed E-state index contributed by atoms with van der Waals surface area (Å²) in [6, 6.07) is 29.5. The minimum Gasteiger partial charge on any atom is -0.508 e. The Hall–Kier alpha value is -4.95. The van der Waals surface area contributed by atoms with Gasteiger partial charge in [0.05, 0.1) is 5.56 Å². The topological polar surface area (TPSA) is 100 Å². The number of nitrogens with zero attached hydrogens (tertiary/aromatic N) is 1. The third-order valence-corrected chi connectivity index (χ3v) is 8.49. The van der Waals surface area contributed by atoms with Gasteiger partial charge in [-0.25, -0.2) is 4.79 Å². The van der Waals surface area contributed by atoms with Crippen LogP contribution in [0.25, 0.3) is 10.8 Å². The van der Waals surface area contributed by atoms with Crippen molar-refractivity contribution in [1.82, 2.24) is 0 Å². The van der Waals surface area contributed by atoms with Crippen LogP contribution < -0.4 is 10.1 Å². The van der Waals surface area contributed by atoms with Crippen molar-refractivity contribution < 1.29 is 24.5 Å². The van der Waals surface area contributed by atoms with Crippen LogP contribution in [0.1, 0.15) is 32.6 Å². The van der Waals surface area contributed by atoms with E-state index in [0.29, 0.717) is 44.6 Å². The van der Waals surface area contributed by atoms with Crippen molar-refractivity contribution in [2.24, 2.45) is 4.99 Å². The molecule has 0 saturated heterocycles. The lowest BCUT2D eigenvalue weighted by molar-refractivity contribution is 0.0224. The number of hydrogen-bond donors (Lipinski definition) is 3. The van der Waals surface area contributed by atoms with Crippen molar-refractivity contribution in [2.75, 3.05) is 12.4 Å². The number of nitrogens with one attached hydrogen (secondary N) is 1. The summed E-state index contributed by atoms with van der Waals surface area (Å²) in [7, 11) is 1.73. The van der Waals surface area contributed by atoms with E-state index in [1.165, 1.54) is 40.6 Å². The normalized spacial score (nSPS) is 14.7. The molecule has 5 aromatic rings. The molecule has 0 unspecified atom stereocenters. The second-order valence-electron chi connectivity index (χ2n) is 9.87. The number of aliphatic imine (C=N–C) groups is 1. The summed E-state index contributed by atoms with van der Waals surface area (Å²) in [5.74, 6) is 0.956. The number of hydrogen-bond acceptors (Lipinski definition) is 7. The zero-order valence-electron chi connectivity index (χ0n) is 21.9. The molecule has 2 heterocycles. The van der Waals surface area contributed by atoms with Crippen LogP contribution in [0.2, 0.25) is 0 Å². The van der Waals surface area contributed by atoms with E-state index in [9.17, 15) is 15.0 Å². The number of amidine groups is 1. The van der Waals surface area contributed by atoms with Gasteiger partial charge >= 0.3 is 5.97 Å². The van der Waals surface area contributed by atoms with Gasteiger partial charge in [0.15, 0.2) is 10.8 Å². The summed E-state index contributed by atoms with van der Waals surface area (Å²) in [6.45, 7) is 0. The van der Waals surface area contributed by atoms with E-state index >= 15 is 0 Å². The molecule has 0 bridgehead atoms. The van der Waals surface area contributed by atoms with Gasteiger partial charge in [-0.15, -0.1) is 0 Å². The first-order valence-electron chi connectivity index (χ1n) is 13.0. The monoisotopic (exact) mass is 560 g/mol. The maximum atomic E-state index is 13.4. The number of phenols is 2. The Morgan fingerprint density at radius 1 is 0.854 bits per heavy atom. The number of carbonyl (C=O) groups is 1. The maximum Gasteiger partial charge on any atom is 0.340 e. The maximum absolute atomic E-state index is 13.4. The number of fused-ring (bicyclic) bond motifs is 7. The number of ether oxygens (including phenoxy) is 2. The van der Waals surface area contributed by atoms with E-state index in [1.807, 2.05) is 24.3 Å². The van der Waals surface area contributed by atoms with E-state index in [4.69, 9.17) is 9.47 Å². The van der Waals surface area contributed by atoms with Gasteiger partial charge < -0.3 is 25.0 Å². The van der Waals surface area contributed by atoms with Gasteiger partial charge in [0.2, 0.25) is 0 Å². The molecule has 41 heavy (non-hydrogen) atoms. The number of phenolic OH excluding ortho intramolecular Hbond substituents is 2. The second-order valence-corrected chi connectivity index (χ2v) is 10.8. The highest BCUT2D eigenvalue weighted by atomic mass is 32.2. The Morgan fingerprint density at radius 3 is 2.27 bits per heavy atom. The van der Waals surface area contributed by atoms with E-state index in [-0.39, 0.29) is 11.5 Å². The summed E-state index contributed by atoms with van der Waals surface area (Å²) < 4.78 is 12.2. The van der Waals surface area contributed by atoms with Crippen molar-refractivity contribution in [2.45, 2.75) is 11.4 Å². The molecule has 0 aromatic heterocycles. The molecule has 0 radical (unpaired) electrons. The van der Waals surface area contributed by atoms with Crippen LogP contribution >= 0.6 is 11.8 Å². The number of benzene rings is 5. The van der Waals surface area contributed by atoms with Crippen LogP contribution in [0, 0.1) is 0 Å². The number of esters is 1. The molecule has 0 saturated carbocycles. The molecule has 0 fully saturated rings. The predicted octanol–water partition coefficient (Wildman–Crippen LogP) is 7.15. The minimum atomic E-state index is -1.29. The molecule has 7 rings (SSSR count). The Balaban J connectivity index is 1.22. The molecule has 7 nitrogen and oxygen atoms in total. The number of carbonyl (C=O) groups excluding carboxylic acids is 1. The molecular formula is C33H24N2O5S. The largest absolute Gasteiger partial charge is 0.508 e. The van der Waals surface area contributed by atoms with Crippen molar-refractivity contribution in [3.8, 4) is 23.0 Å². The fourth-order valence-electron chi connectivity index (χ4n) is 5.63. The van der Waals surface area contributed by atoms with E-state index in [0.717, 1.165) is 5.75 Å². The summed E-state index contributed by atoms with van der Waals surface area (Å²) in [4.78, 5) is 17.8. The van der Waals surface area contributed by atoms with E-state index in [2.05, 4.69) is 40.6 Å². The molecule has 5 aromatic carbocycles. The molecular weight excluding hydrogens is 536 g/mol. The second kappa shape index (κ2) is 9.60. The van der Waals surface area contributed by atoms with Gasteiger partial charge in [-0.3, -0.25) is 4.99 Å². The average molecular weight is 561 g/mol. The van der Waals surface area contributed by atoms with Gasteiger partial charge in [0, 0.05) is 47.3 Å². The number of anilines is 1. The van der Waals surface area contributed by atoms with Crippen LogP contribution in [-0.4, -0.2) is 28.4 Å². The van der Waals surface area contributed by atoms with Crippen molar-refractivity contribution in [3.05, 3.63) is 125 Å². The quantitative estimate of drug-likeness (QED) is 0.122. The molecule has 3 N–H and O–H groups in total. The Morgan fingerprint density at radius 2 is 1.54 bits per heavy atom. The highest BCUT2D eigenvalue weighted by molar-refractivity contribution is 8.13. The molecule has 0 amide bonds. The molecule has 0 aliphatic carbocycles. The summed E-state index contributed by atoms with van der Waals surface area (Å²) in [5, 5.41) is 26.7. The lowest BCUT2D eigenvalue weighted by Crippen LogP contribution is -2.32. The molecule has 2 aliphatic rings. The van der Waals surface area contributed by atoms with Crippen LogP contribution in [0.15, 0.2) is 102 Å². The van der Waals surface area contributed by atoms with Crippen molar-refractivity contribution in [1.29, 1.82) is 0 Å². The minimum absolute atomic E-state index is 0.0129. The van der Waals surface area contributed by atoms with Gasteiger partial charge in [0.1, 0.15) is 23.0 Å². The summed E-state index contributed by atoms with van der Waals surface area (Å²) in [6.07, 6.45) is 0. The fraction of sp³-hybridized carbons (Fsp3) is 0.0909. The van der Waals surface area contributed by atoms with Crippen LogP contribution in [0.5, 0.6) is 23.0 Å². The zero-order valence-corrected chi connectivity index (χ0v) is 22.7. The first kappa shape index (κ1) is 25.0. The lowest BCUT2D eigenvalue weighted by atomic mass is 9.77. The van der Waals surface area contributed by atoms with Gasteiger partial charge in [-0.05, 0) is 52.7 Å². The summed E-state index contributed by atoms with van der Waals surface area (Å²) >= 11 is 1.58. The number of thioether (sulfide) groups is 1. The SMILES string of the molecule is CN=C(Nc1ccc2c(c1)C(=O)OC21c2ccc(O)cc2Oc2cc(O)ccc21)SCc1cccc2ccccc12. The number of rotatable bonds is 3. The third kappa shape index (κ3) is 4.06. The fourth-order valence-corrected chi connectivity index (χ4v) is 6.49. The standard InChI is InChI=1S/C33H24N2O5S/c1-34-32(41-18-20-7-4-6-19-5-2-3-8-24(19)20)35-21-9-12-26-25(15-21)31(38)40-33(26)27-13-10-22(36)16-29(27)39-30-17-23(37)11-14-28(30)33/h2-17,36-37H,18H2,1H3,(H,34,35). The molecule has 1 spiro atoms. The predicted molar refractivity (Wildman–Crippen MR) is 160 cm³/mol. The van der Waals surface area contributed by atoms with Crippen LogP contribution in [-0.2, 0) is 16.1 Å². The van der Waals surface area contributed by atoms with E-state index in [1.54, 1.807) is 37.0 Å². The third-order valence-electron chi connectivity index (χ3n) is 7.47. The first-order valence-corrected chi connectivity index (χ1v) is 14.0. The Labute approximate surface area is 240 Å². The highest BCUT2D eigenvalue weighted by Gasteiger charge is 2.53. The summed E-state index contributed by atoms with van der Waals surface area (Å²) in [5.41, 5.74) is 2.85. The Bertz CT molecular complexity index is 1840. The van der Waals surface area contributed by atoms with Crippen LogP contribution in [0.3, 0.4) is 0 Å². The number of aromatic hydroxyl groups is 2. The van der Waals surface area contributed by atoms with E-state index < -0.39 is 11.6 Å². The molecule has 8 heteroatoms. The van der Waals surface area contributed by atoms with Gasteiger partial charge in [0.25, 0.3) is 0 Å². The molecule has 2 aliphatic heterocycles. The Kier molecular flexibility index (Phi) is 5.87. The van der Waals surface area contributed by atoms with Crippen molar-refractivity contribution >= 4 is 39.4 Å².